The van der Waals surface area contributed by atoms with Gasteiger partial charge in [-0.25, -0.2) is 0 Å². The van der Waals surface area contributed by atoms with Crippen LogP contribution in [0.25, 0.3) is 0 Å². The van der Waals surface area contributed by atoms with Gasteiger partial charge in [-0.1, -0.05) is 22.0 Å². The average Bonchev–Trinajstić information content (AvgIpc) is 2.07. The number of alkyl halides is 3. The predicted molar refractivity (Wildman–Crippen MR) is 49.9 cm³/mol. The summed E-state index contributed by atoms with van der Waals surface area (Å²) in [5, 5.41) is 0. The number of benzene rings is 1. The van der Waals surface area contributed by atoms with Gasteiger partial charge in [-0.3, -0.25) is 0 Å². The van der Waals surface area contributed by atoms with Crippen molar-refractivity contribution in [3.05, 3.63) is 33.8 Å². The van der Waals surface area contributed by atoms with Crippen LogP contribution in [-0.4, -0.2) is 7.11 Å². The lowest BCUT2D eigenvalue weighted by atomic mass is 10.1. The van der Waals surface area contributed by atoms with Gasteiger partial charge in [0, 0.05) is 17.1 Å². The fourth-order valence-electron chi connectivity index (χ4n) is 1.12. The van der Waals surface area contributed by atoms with Gasteiger partial charge < -0.3 is 4.74 Å². The fraction of sp³-hybridized carbons (Fsp3) is 0.333. The minimum Gasteiger partial charge on any atom is -0.380 e. The van der Waals surface area contributed by atoms with E-state index in [2.05, 4.69) is 15.9 Å². The molecular formula is C9H8BrF3O. The van der Waals surface area contributed by atoms with Crippen LogP contribution in [0.3, 0.4) is 0 Å². The standard InChI is InChI=1S/C9H8BrF3O/c1-14-5-6-7(9(11,12)13)3-2-4-8(6)10/h2-4H,5H2,1H3. The first-order valence-electron chi connectivity index (χ1n) is 3.80. The highest BCUT2D eigenvalue weighted by Crippen LogP contribution is 2.35. The first-order valence-corrected chi connectivity index (χ1v) is 4.59. The van der Waals surface area contributed by atoms with E-state index in [4.69, 9.17) is 4.74 Å². The molecule has 78 valence electrons. The molecule has 0 N–H and O–H groups in total. The molecule has 0 aromatic heterocycles. The quantitative estimate of drug-likeness (QED) is 0.796. The fourth-order valence-corrected chi connectivity index (χ4v) is 1.60. The second-order valence-electron chi connectivity index (χ2n) is 2.70. The highest BCUT2D eigenvalue weighted by molar-refractivity contribution is 9.10. The number of rotatable bonds is 2. The van der Waals surface area contributed by atoms with E-state index in [0.29, 0.717) is 4.47 Å². The van der Waals surface area contributed by atoms with Crippen LogP contribution in [0, 0.1) is 0 Å². The molecule has 0 amide bonds. The van der Waals surface area contributed by atoms with Crippen molar-refractivity contribution in [1.29, 1.82) is 0 Å². The van der Waals surface area contributed by atoms with Gasteiger partial charge in [0.1, 0.15) is 0 Å². The van der Waals surface area contributed by atoms with Crippen LogP contribution in [-0.2, 0) is 17.5 Å². The molecular weight excluding hydrogens is 261 g/mol. The summed E-state index contributed by atoms with van der Waals surface area (Å²) in [4.78, 5) is 0. The molecule has 5 heteroatoms. The van der Waals surface area contributed by atoms with Gasteiger partial charge in [0.15, 0.2) is 0 Å². The van der Waals surface area contributed by atoms with Crippen LogP contribution >= 0.6 is 15.9 Å². The van der Waals surface area contributed by atoms with Crippen molar-refractivity contribution in [3.8, 4) is 0 Å². The Kier molecular flexibility index (Phi) is 3.55. The lowest BCUT2D eigenvalue weighted by Gasteiger charge is -2.13. The van der Waals surface area contributed by atoms with Crippen molar-refractivity contribution < 1.29 is 17.9 Å². The molecule has 0 unspecified atom stereocenters. The summed E-state index contributed by atoms with van der Waals surface area (Å²) in [6.45, 7) is -0.0593. The molecule has 0 aliphatic rings. The van der Waals surface area contributed by atoms with Gasteiger partial charge in [-0.2, -0.15) is 13.2 Å². The van der Waals surface area contributed by atoms with E-state index in [1.807, 2.05) is 0 Å². The summed E-state index contributed by atoms with van der Waals surface area (Å²) in [6.07, 6.45) is -4.34. The number of halogens is 4. The first kappa shape index (κ1) is 11.5. The number of methoxy groups -OCH3 is 1. The van der Waals surface area contributed by atoms with Crippen LogP contribution in [0.5, 0.6) is 0 Å². The highest BCUT2D eigenvalue weighted by Gasteiger charge is 2.33. The van der Waals surface area contributed by atoms with E-state index in [1.165, 1.54) is 13.2 Å². The van der Waals surface area contributed by atoms with Gasteiger partial charge in [0.05, 0.1) is 12.2 Å². The monoisotopic (exact) mass is 268 g/mol. The van der Waals surface area contributed by atoms with Gasteiger partial charge >= 0.3 is 6.18 Å². The predicted octanol–water partition coefficient (Wildman–Crippen LogP) is 3.61. The second-order valence-corrected chi connectivity index (χ2v) is 3.55. The number of ether oxygens (including phenoxy) is 1. The van der Waals surface area contributed by atoms with Gasteiger partial charge in [-0.05, 0) is 12.1 Å². The van der Waals surface area contributed by atoms with Crippen molar-refractivity contribution in [2.75, 3.05) is 7.11 Å². The Morgan fingerprint density at radius 3 is 2.50 bits per heavy atom. The molecule has 0 bridgehead atoms. The largest absolute Gasteiger partial charge is 0.416 e. The lowest BCUT2D eigenvalue weighted by molar-refractivity contribution is -0.138. The SMILES string of the molecule is COCc1c(Br)cccc1C(F)(F)F. The van der Waals surface area contributed by atoms with Crippen LogP contribution in [0.15, 0.2) is 22.7 Å². The van der Waals surface area contributed by atoms with Crippen LogP contribution in [0.1, 0.15) is 11.1 Å². The zero-order chi connectivity index (χ0) is 10.8. The molecule has 0 saturated carbocycles. The molecule has 1 aromatic rings. The number of hydrogen-bond donors (Lipinski definition) is 0. The summed E-state index contributed by atoms with van der Waals surface area (Å²) >= 11 is 3.06. The summed E-state index contributed by atoms with van der Waals surface area (Å²) in [7, 11) is 1.36. The first-order chi connectivity index (χ1) is 6.46. The second kappa shape index (κ2) is 4.31. The molecule has 0 spiro atoms. The maximum absolute atomic E-state index is 12.5. The Morgan fingerprint density at radius 1 is 1.36 bits per heavy atom. The maximum Gasteiger partial charge on any atom is 0.416 e. The third kappa shape index (κ3) is 2.48. The minimum atomic E-state index is -4.34. The van der Waals surface area contributed by atoms with E-state index < -0.39 is 11.7 Å². The Bertz CT molecular complexity index is 322. The average molecular weight is 269 g/mol. The zero-order valence-corrected chi connectivity index (χ0v) is 8.95. The Morgan fingerprint density at radius 2 is 2.00 bits per heavy atom. The van der Waals surface area contributed by atoms with Gasteiger partial charge in [0.25, 0.3) is 0 Å². The molecule has 0 fully saturated rings. The number of hydrogen-bond acceptors (Lipinski definition) is 1. The van der Waals surface area contributed by atoms with Crippen molar-refractivity contribution in [2.24, 2.45) is 0 Å². The highest BCUT2D eigenvalue weighted by atomic mass is 79.9. The van der Waals surface area contributed by atoms with E-state index >= 15 is 0 Å². The molecule has 14 heavy (non-hydrogen) atoms. The third-order valence-corrected chi connectivity index (χ3v) is 2.46. The topological polar surface area (TPSA) is 9.23 Å². The van der Waals surface area contributed by atoms with Gasteiger partial charge in [-0.15, -0.1) is 0 Å². The molecule has 0 aliphatic heterocycles. The minimum absolute atomic E-state index is 0.0593. The van der Waals surface area contributed by atoms with Gasteiger partial charge in [0.2, 0.25) is 0 Å². The lowest BCUT2D eigenvalue weighted by Crippen LogP contribution is -2.10. The Labute approximate surface area is 88.0 Å². The third-order valence-electron chi connectivity index (χ3n) is 1.71. The van der Waals surface area contributed by atoms with E-state index in [9.17, 15) is 13.2 Å². The van der Waals surface area contributed by atoms with Crippen LogP contribution in [0.4, 0.5) is 13.2 Å². The van der Waals surface area contributed by atoms with E-state index in [0.717, 1.165) is 6.07 Å². The van der Waals surface area contributed by atoms with E-state index in [1.54, 1.807) is 6.07 Å². The molecule has 1 nitrogen and oxygen atoms in total. The van der Waals surface area contributed by atoms with E-state index in [-0.39, 0.29) is 12.2 Å². The molecule has 0 atom stereocenters. The molecule has 1 aromatic carbocycles. The van der Waals surface area contributed by atoms with Crippen molar-refractivity contribution in [3.63, 3.8) is 0 Å². The summed E-state index contributed by atoms with van der Waals surface area (Å²) in [5.74, 6) is 0. The van der Waals surface area contributed by atoms with Crippen molar-refractivity contribution >= 4 is 15.9 Å². The normalized spacial score (nSPS) is 11.8. The maximum atomic E-state index is 12.5. The molecule has 0 aliphatic carbocycles. The molecule has 0 heterocycles. The molecule has 1 rings (SSSR count). The van der Waals surface area contributed by atoms with Crippen molar-refractivity contribution in [2.45, 2.75) is 12.8 Å². The summed E-state index contributed by atoms with van der Waals surface area (Å²) in [5.41, 5.74) is -0.531. The molecule has 0 radical (unpaired) electrons. The Balaban J connectivity index is 3.21. The summed E-state index contributed by atoms with van der Waals surface area (Å²) < 4.78 is 42.6. The smallest absolute Gasteiger partial charge is 0.380 e. The summed E-state index contributed by atoms with van der Waals surface area (Å²) in [6, 6.07) is 3.95. The molecule has 0 saturated heterocycles. The zero-order valence-electron chi connectivity index (χ0n) is 7.36. The van der Waals surface area contributed by atoms with Crippen LogP contribution < -0.4 is 0 Å². The van der Waals surface area contributed by atoms with Crippen molar-refractivity contribution in [1.82, 2.24) is 0 Å². The van der Waals surface area contributed by atoms with Crippen LogP contribution in [0.2, 0.25) is 0 Å². The Hall–Kier alpha value is -0.550.